The second kappa shape index (κ2) is 9.88. The molecule has 1 heterocycles. The summed E-state index contributed by atoms with van der Waals surface area (Å²) in [7, 11) is 2.65. The fraction of sp³-hybridized carbons (Fsp3) is 0.706. The quantitative estimate of drug-likeness (QED) is 0.547. The third-order valence-electron chi connectivity index (χ3n) is 4.06. The van der Waals surface area contributed by atoms with Crippen molar-refractivity contribution >= 4 is 17.8 Å². The van der Waals surface area contributed by atoms with Crippen LogP contribution in [0.1, 0.15) is 45.4 Å². The van der Waals surface area contributed by atoms with Crippen molar-refractivity contribution in [3.05, 3.63) is 0 Å². The molecule has 2 atom stereocenters. The summed E-state index contributed by atoms with van der Waals surface area (Å²) in [6.07, 6.45) is 3.27. The van der Waals surface area contributed by atoms with Crippen molar-refractivity contribution in [2.45, 2.75) is 51.5 Å². The number of rotatable bonds is 6. The molecule has 1 rings (SSSR count). The van der Waals surface area contributed by atoms with Gasteiger partial charge in [0.15, 0.2) is 0 Å². The minimum absolute atomic E-state index is 0.133. The lowest BCUT2D eigenvalue weighted by Gasteiger charge is -2.35. The van der Waals surface area contributed by atoms with Gasteiger partial charge in [0.1, 0.15) is 6.04 Å². The minimum Gasteiger partial charge on any atom is -0.469 e. The fourth-order valence-electron chi connectivity index (χ4n) is 2.74. The number of carbonyl (C=O) groups is 3. The number of carbonyl (C=O) groups excluding carboxylic acids is 3. The van der Waals surface area contributed by atoms with Crippen LogP contribution in [0.15, 0.2) is 0 Å². The number of amides is 1. The molecule has 1 aliphatic heterocycles. The summed E-state index contributed by atoms with van der Waals surface area (Å²) in [4.78, 5) is 37.7. The van der Waals surface area contributed by atoms with E-state index in [2.05, 4.69) is 16.6 Å². The predicted octanol–water partition coefficient (Wildman–Crippen LogP) is 1.52. The first-order chi connectivity index (χ1) is 11.0. The molecule has 0 N–H and O–H groups in total. The van der Waals surface area contributed by atoms with E-state index in [1.807, 2.05) is 0 Å². The monoisotopic (exact) mass is 323 g/mol. The van der Waals surface area contributed by atoms with Gasteiger partial charge in [-0.25, -0.2) is 4.79 Å². The van der Waals surface area contributed by atoms with E-state index in [1.54, 1.807) is 11.8 Å². The summed E-state index contributed by atoms with van der Waals surface area (Å²) in [6, 6.07) is -0.531. The van der Waals surface area contributed by atoms with E-state index >= 15 is 0 Å². The molecule has 23 heavy (non-hydrogen) atoms. The summed E-state index contributed by atoms with van der Waals surface area (Å²) < 4.78 is 9.44. The maximum absolute atomic E-state index is 12.8. The van der Waals surface area contributed by atoms with Crippen molar-refractivity contribution in [1.29, 1.82) is 0 Å². The van der Waals surface area contributed by atoms with E-state index in [1.165, 1.54) is 14.2 Å². The van der Waals surface area contributed by atoms with Crippen LogP contribution in [0.5, 0.6) is 0 Å². The van der Waals surface area contributed by atoms with E-state index < -0.39 is 12.0 Å². The Kier molecular flexibility index (Phi) is 8.17. The second-order valence-corrected chi connectivity index (χ2v) is 5.51. The van der Waals surface area contributed by atoms with Crippen LogP contribution in [0, 0.1) is 17.8 Å². The van der Waals surface area contributed by atoms with Crippen LogP contribution < -0.4 is 0 Å². The van der Waals surface area contributed by atoms with Crippen LogP contribution in [0.3, 0.4) is 0 Å². The molecule has 1 amide bonds. The van der Waals surface area contributed by atoms with Crippen LogP contribution in [-0.4, -0.2) is 49.6 Å². The van der Waals surface area contributed by atoms with Crippen molar-refractivity contribution in [2.75, 3.05) is 20.8 Å². The second-order valence-electron chi connectivity index (χ2n) is 5.51. The molecule has 2 unspecified atom stereocenters. The topological polar surface area (TPSA) is 72.9 Å². The van der Waals surface area contributed by atoms with Crippen molar-refractivity contribution in [3.8, 4) is 11.8 Å². The Balaban J connectivity index is 2.84. The van der Waals surface area contributed by atoms with E-state index in [-0.39, 0.29) is 24.3 Å². The molecule has 0 aromatic heterocycles. The summed E-state index contributed by atoms with van der Waals surface area (Å²) in [5.74, 6) is 4.40. The normalized spacial score (nSPS) is 18.4. The number of likely N-dealkylation sites (tertiary alicyclic amines) is 1. The number of methoxy groups -OCH3 is 2. The molecule has 6 nitrogen and oxygen atoms in total. The first-order valence-corrected chi connectivity index (χ1v) is 7.89. The Labute approximate surface area is 137 Å². The van der Waals surface area contributed by atoms with Crippen molar-refractivity contribution in [3.63, 3.8) is 0 Å². The highest BCUT2D eigenvalue weighted by atomic mass is 16.5. The summed E-state index contributed by atoms with van der Waals surface area (Å²) >= 11 is 0. The molecule has 1 aliphatic rings. The number of nitrogens with zero attached hydrogens (tertiary/aromatic N) is 1. The standard InChI is InChI=1S/C17H25NO5/c1-4-5-8-13(10-11-15(19)22-2)16(20)18-12-7-6-9-14(18)17(21)23-3/h13-14H,6-12H2,1-3H3. The van der Waals surface area contributed by atoms with Crippen LogP contribution in [0.4, 0.5) is 0 Å². The van der Waals surface area contributed by atoms with Crippen molar-refractivity contribution in [1.82, 2.24) is 4.90 Å². The highest BCUT2D eigenvalue weighted by Gasteiger charge is 2.35. The Bertz CT molecular complexity index is 491. The van der Waals surface area contributed by atoms with Gasteiger partial charge in [-0.2, -0.15) is 0 Å². The Morgan fingerprint density at radius 2 is 1.96 bits per heavy atom. The number of ether oxygens (including phenoxy) is 2. The van der Waals surface area contributed by atoms with E-state index in [4.69, 9.17) is 4.74 Å². The molecule has 0 saturated carbocycles. The first kappa shape index (κ1) is 19.0. The number of hydrogen-bond donors (Lipinski definition) is 0. The van der Waals surface area contributed by atoms with Gasteiger partial charge in [0.05, 0.1) is 14.2 Å². The lowest BCUT2D eigenvalue weighted by Crippen LogP contribution is -2.50. The average Bonchev–Trinajstić information content (AvgIpc) is 2.60. The van der Waals surface area contributed by atoms with Crippen molar-refractivity contribution in [2.24, 2.45) is 5.92 Å². The van der Waals surface area contributed by atoms with Gasteiger partial charge in [-0.15, -0.1) is 11.8 Å². The lowest BCUT2D eigenvalue weighted by atomic mass is 9.94. The smallest absolute Gasteiger partial charge is 0.328 e. The highest BCUT2D eigenvalue weighted by Crippen LogP contribution is 2.23. The minimum atomic E-state index is -0.531. The maximum atomic E-state index is 12.8. The van der Waals surface area contributed by atoms with Gasteiger partial charge in [0.25, 0.3) is 0 Å². The zero-order valence-electron chi connectivity index (χ0n) is 14.1. The Hall–Kier alpha value is -2.03. The summed E-state index contributed by atoms with van der Waals surface area (Å²) in [6.45, 7) is 2.24. The lowest BCUT2D eigenvalue weighted by molar-refractivity contribution is -0.156. The van der Waals surface area contributed by atoms with Crippen LogP contribution in [-0.2, 0) is 23.9 Å². The van der Waals surface area contributed by atoms with E-state index in [0.717, 1.165) is 12.8 Å². The van der Waals surface area contributed by atoms with Crippen molar-refractivity contribution < 1.29 is 23.9 Å². The van der Waals surface area contributed by atoms with Gasteiger partial charge < -0.3 is 14.4 Å². The molecule has 0 aromatic carbocycles. The van der Waals surface area contributed by atoms with Gasteiger partial charge in [-0.3, -0.25) is 9.59 Å². The Morgan fingerprint density at radius 3 is 2.57 bits per heavy atom. The molecular weight excluding hydrogens is 298 g/mol. The zero-order chi connectivity index (χ0) is 17.2. The SMILES string of the molecule is CC#CCC(CCC(=O)OC)C(=O)N1CCCCC1C(=O)OC. The molecule has 1 saturated heterocycles. The molecule has 1 fully saturated rings. The molecule has 0 spiro atoms. The largest absolute Gasteiger partial charge is 0.469 e. The van der Waals surface area contributed by atoms with Gasteiger partial charge in [-0.1, -0.05) is 0 Å². The van der Waals surface area contributed by atoms with Gasteiger partial charge in [0, 0.05) is 25.3 Å². The predicted molar refractivity (Wildman–Crippen MR) is 84.2 cm³/mol. The molecule has 6 heteroatoms. The number of piperidine rings is 1. The summed E-state index contributed by atoms with van der Waals surface area (Å²) in [5.41, 5.74) is 0. The number of hydrogen-bond acceptors (Lipinski definition) is 5. The molecular formula is C17H25NO5. The van der Waals surface area contributed by atoms with E-state index in [0.29, 0.717) is 25.8 Å². The fourth-order valence-corrected chi connectivity index (χ4v) is 2.74. The van der Waals surface area contributed by atoms with Gasteiger partial charge in [0.2, 0.25) is 5.91 Å². The molecule has 128 valence electrons. The van der Waals surface area contributed by atoms with Crippen LogP contribution >= 0.6 is 0 Å². The molecule has 0 aliphatic carbocycles. The average molecular weight is 323 g/mol. The highest BCUT2D eigenvalue weighted by molar-refractivity contribution is 5.86. The first-order valence-electron chi connectivity index (χ1n) is 7.89. The van der Waals surface area contributed by atoms with Crippen LogP contribution in [0.25, 0.3) is 0 Å². The van der Waals surface area contributed by atoms with E-state index in [9.17, 15) is 14.4 Å². The zero-order valence-corrected chi connectivity index (χ0v) is 14.1. The summed E-state index contributed by atoms with van der Waals surface area (Å²) in [5, 5.41) is 0. The van der Waals surface area contributed by atoms with Crippen LogP contribution in [0.2, 0.25) is 0 Å². The third-order valence-corrected chi connectivity index (χ3v) is 4.06. The Morgan fingerprint density at radius 1 is 1.22 bits per heavy atom. The molecule has 0 bridgehead atoms. The number of esters is 2. The maximum Gasteiger partial charge on any atom is 0.328 e. The third kappa shape index (κ3) is 5.59. The van der Waals surface area contributed by atoms with Gasteiger partial charge >= 0.3 is 11.9 Å². The van der Waals surface area contributed by atoms with Gasteiger partial charge in [-0.05, 0) is 32.6 Å². The molecule has 0 radical (unpaired) electrons. The molecule has 0 aromatic rings.